The first-order valence-corrected chi connectivity index (χ1v) is 6.84. The second-order valence-corrected chi connectivity index (χ2v) is 4.39. The lowest BCUT2D eigenvalue weighted by atomic mass is 9.89. The summed E-state index contributed by atoms with van der Waals surface area (Å²) in [4.78, 5) is 4.47. The largest absolute Gasteiger partial charge is 0.330 e. The van der Waals surface area contributed by atoms with Crippen LogP contribution in [0.5, 0.6) is 0 Å². The molecule has 0 amide bonds. The molecule has 0 aliphatic heterocycles. The molecule has 0 aliphatic carbocycles. The van der Waals surface area contributed by atoms with Crippen LogP contribution in [0, 0.1) is 5.92 Å². The lowest BCUT2D eigenvalue weighted by molar-refractivity contribution is 0.474. The first kappa shape index (κ1) is 16.1. The van der Waals surface area contributed by atoms with Gasteiger partial charge in [-0.2, -0.15) is 0 Å². The van der Waals surface area contributed by atoms with E-state index in [0.717, 1.165) is 12.8 Å². The highest BCUT2D eigenvalue weighted by Gasteiger charge is 2.14. The minimum absolute atomic E-state index is 0.572. The Kier molecular flexibility index (Phi) is 8.69. The molecule has 0 bridgehead atoms. The Balaban J connectivity index is 0.00000121. The maximum Gasteiger partial charge on any atom is 0.0439 e. The van der Waals surface area contributed by atoms with Crippen molar-refractivity contribution in [1.29, 1.82) is 0 Å². The molecule has 0 radical (unpaired) electrons. The molecule has 1 aromatic rings. The van der Waals surface area contributed by atoms with E-state index in [4.69, 9.17) is 5.73 Å². The number of nitrogens with zero attached hydrogens (tertiary/aromatic N) is 1. The highest BCUT2D eigenvalue weighted by Crippen LogP contribution is 2.26. The summed E-state index contributed by atoms with van der Waals surface area (Å²) in [5, 5.41) is 0. The zero-order chi connectivity index (χ0) is 13.3. The number of pyridine rings is 1. The molecule has 98 valence electrons. The Bertz CT molecular complexity index is 295. The van der Waals surface area contributed by atoms with E-state index in [9.17, 15) is 0 Å². The van der Waals surface area contributed by atoms with Crippen molar-refractivity contribution < 1.29 is 0 Å². The van der Waals surface area contributed by atoms with Crippen molar-refractivity contribution in [2.45, 2.75) is 53.4 Å². The molecule has 0 aliphatic rings. The lowest BCUT2D eigenvalue weighted by Gasteiger charge is -2.18. The molecule has 2 nitrogen and oxygen atoms in total. The highest BCUT2D eigenvalue weighted by molar-refractivity contribution is 5.20. The van der Waals surface area contributed by atoms with Crippen molar-refractivity contribution in [3.63, 3.8) is 0 Å². The van der Waals surface area contributed by atoms with Crippen LogP contribution in [0.1, 0.15) is 58.2 Å². The summed E-state index contributed by atoms with van der Waals surface area (Å²) >= 11 is 0. The second-order valence-electron chi connectivity index (χ2n) is 4.39. The fourth-order valence-electron chi connectivity index (χ4n) is 2.04. The van der Waals surface area contributed by atoms with Gasteiger partial charge in [0.15, 0.2) is 0 Å². The third-order valence-corrected chi connectivity index (χ3v) is 2.90. The smallest absolute Gasteiger partial charge is 0.0439 e. The van der Waals surface area contributed by atoms with E-state index in [2.05, 4.69) is 37.9 Å². The summed E-state index contributed by atoms with van der Waals surface area (Å²) in [5.41, 5.74) is 8.09. The van der Waals surface area contributed by atoms with Crippen LogP contribution in [-0.4, -0.2) is 11.5 Å². The van der Waals surface area contributed by atoms with Crippen molar-refractivity contribution in [3.8, 4) is 0 Å². The molecule has 0 saturated carbocycles. The molecule has 2 heteroatoms. The predicted molar refractivity (Wildman–Crippen MR) is 76.2 cm³/mol. The van der Waals surface area contributed by atoms with Crippen LogP contribution in [0.25, 0.3) is 0 Å². The van der Waals surface area contributed by atoms with Crippen molar-refractivity contribution in [2.75, 3.05) is 6.54 Å². The molecule has 0 fully saturated rings. The summed E-state index contributed by atoms with van der Waals surface area (Å²) in [6.45, 7) is 11.4. The SMILES string of the molecule is CC.CCC(c1cc(CCN)ccn1)C(C)C. The molecule has 1 atom stereocenters. The van der Waals surface area contributed by atoms with Gasteiger partial charge in [-0.25, -0.2) is 0 Å². The number of nitrogens with two attached hydrogens (primary N) is 1. The molecule has 0 saturated heterocycles. The van der Waals surface area contributed by atoms with Gasteiger partial charge in [-0.3, -0.25) is 4.98 Å². The van der Waals surface area contributed by atoms with Gasteiger partial charge in [-0.05, 0) is 43.0 Å². The van der Waals surface area contributed by atoms with E-state index < -0.39 is 0 Å². The third kappa shape index (κ3) is 5.31. The molecule has 0 spiro atoms. The van der Waals surface area contributed by atoms with E-state index in [-0.39, 0.29) is 0 Å². The molecule has 2 N–H and O–H groups in total. The molecular weight excluding hydrogens is 208 g/mol. The first-order chi connectivity index (χ1) is 8.19. The van der Waals surface area contributed by atoms with Gasteiger partial charge in [0.05, 0.1) is 0 Å². The minimum atomic E-state index is 0.572. The van der Waals surface area contributed by atoms with Gasteiger partial charge in [0, 0.05) is 17.8 Å². The number of hydrogen-bond acceptors (Lipinski definition) is 2. The number of aromatic nitrogens is 1. The Morgan fingerprint density at radius 2 is 1.94 bits per heavy atom. The molecular formula is C15H28N2. The zero-order valence-electron chi connectivity index (χ0n) is 12.0. The van der Waals surface area contributed by atoms with E-state index >= 15 is 0 Å². The summed E-state index contributed by atoms with van der Waals surface area (Å²) < 4.78 is 0. The second kappa shape index (κ2) is 9.17. The van der Waals surface area contributed by atoms with E-state index in [1.165, 1.54) is 11.3 Å². The van der Waals surface area contributed by atoms with E-state index in [0.29, 0.717) is 18.4 Å². The van der Waals surface area contributed by atoms with Gasteiger partial charge in [0.1, 0.15) is 0 Å². The average Bonchev–Trinajstić information content (AvgIpc) is 2.33. The fourth-order valence-corrected chi connectivity index (χ4v) is 2.04. The molecule has 1 heterocycles. The molecule has 1 unspecified atom stereocenters. The first-order valence-electron chi connectivity index (χ1n) is 6.84. The van der Waals surface area contributed by atoms with Crippen molar-refractivity contribution in [1.82, 2.24) is 4.98 Å². The van der Waals surface area contributed by atoms with E-state index in [1.807, 2.05) is 20.0 Å². The lowest BCUT2D eigenvalue weighted by Crippen LogP contribution is -2.09. The van der Waals surface area contributed by atoms with Crippen LogP contribution in [0.2, 0.25) is 0 Å². The minimum Gasteiger partial charge on any atom is -0.330 e. The van der Waals surface area contributed by atoms with Gasteiger partial charge in [0.25, 0.3) is 0 Å². The van der Waals surface area contributed by atoms with Gasteiger partial charge in [-0.1, -0.05) is 34.6 Å². The van der Waals surface area contributed by atoms with Gasteiger partial charge in [-0.15, -0.1) is 0 Å². The summed E-state index contributed by atoms with van der Waals surface area (Å²) in [6.07, 6.45) is 4.01. The zero-order valence-corrected chi connectivity index (χ0v) is 12.0. The Morgan fingerprint density at radius 1 is 1.29 bits per heavy atom. The number of rotatable bonds is 5. The fraction of sp³-hybridized carbons (Fsp3) is 0.667. The van der Waals surface area contributed by atoms with E-state index in [1.54, 1.807) is 0 Å². The molecule has 1 aromatic heterocycles. The van der Waals surface area contributed by atoms with Gasteiger partial charge >= 0.3 is 0 Å². The van der Waals surface area contributed by atoms with Gasteiger partial charge < -0.3 is 5.73 Å². The van der Waals surface area contributed by atoms with Crippen LogP contribution in [0.3, 0.4) is 0 Å². The molecule has 0 aromatic carbocycles. The van der Waals surface area contributed by atoms with Gasteiger partial charge in [0.2, 0.25) is 0 Å². The Morgan fingerprint density at radius 3 is 2.41 bits per heavy atom. The highest BCUT2D eigenvalue weighted by atomic mass is 14.7. The standard InChI is InChI=1S/C13H22N2.C2H6/c1-4-12(10(2)3)13-9-11(5-7-14)6-8-15-13;1-2/h6,8-10,12H,4-5,7,14H2,1-3H3;1-2H3. The van der Waals surface area contributed by atoms with Crippen LogP contribution in [0.15, 0.2) is 18.3 Å². The topological polar surface area (TPSA) is 38.9 Å². The Hall–Kier alpha value is -0.890. The Labute approximate surface area is 107 Å². The predicted octanol–water partition coefficient (Wildman–Crippen LogP) is 3.76. The number of hydrogen-bond donors (Lipinski definition) is 1. The van der Waals surface area contributed by atoms with Crippen LogP contribution in [0.4, 0.5) is 0 Å². The van der Waals surface area contributed by atoms with Crippen molar-refractivity contribution in [2.24, 2.45) is 11.7 Å². The van der Waals surface area contributed by atoms with Crippen molar-refractivity contribution >= 4 is 0 Å². The maximum absolute atomic E-state index is 5.56. The normalized spacial score (nSPS) is 11.9. The third-order valence-electron chi connectivity index (χ3n) is 2.90. The average molecular weight is 236 g/mol. The maximum atomic E-state index is 5.56. The van der Waals surface area contributed by atoms with Crippen LogP contribution < -0.4 is 5.73 Å². The summed E-state index contributed by atoms with van der Waals surface area (Å²) in [6, 6.07) is 4.27. The van der Waals surface area contributed by atoms with Crippen LogP contribution >= 0.6 is 0 Å². The quantitative estimate of drug-likeness (QED) is 0.845. The molecule has 1 rings (SSSR count). The molecule has 17 heavy (non-hydrogen) atoms. The summed E-state index contributed by atoms with van der Waals surface area (Å²) in [7, 11) is 0. The summed E-state index contributed by atoms with van der Waals surface area (Å²) in [5.74, 6) is 1.22. The van der Waals surface area contributed by atoms with Crippen LogP contribution in [-0.2, 0) is 6.42 Å². The van der Waals surface area contributed by atoms with Crippen molar-refractivity contribution in [3.05, 3.63) is 29.6 Å². The monoisotopic (exact) mass is 236 g/mol.